The van der Waals surface area contributed by atoms with Crippen LogP contribution >= 0.6 is 0 Å². The molecule has 1 unspecified atom stereocenters. The Bertz CT molecular complexity index is 626. The average molecular weight is 294 g/mol. The van der Waals surface area contributed by atoms with Crippen molar-refractivity contribution in [3.05, 3.63) is 58.9 Å². The van der Waals surface area contributed by atoms with Crippen LogP contribution in [0.1, 0.15) is 41.1 Å². The number of aromatic nitrogens is 1. The number of rotatable bonds is 2. The molecule has 1 aromatic carbocycles. The molecule has 0 bridgehead atoms. The van der Waals surface area contributed by atoms with E-state index in [1.807, 2.05) is 10.8 Å². The molecule has 3 rings (SSSR count). The molecule has 2 nitrogen and oxygen atoms in total. The first-order valence-electron chi connectivity index (χ1n) is 7.04. The Labute approximate surface area is 121 Å². The Morgan fingerprint density at radius 3 is 2.48 bits per heavy atom. The summed E-state index contributed by atoms with van der Waals surface area (Å²) in [6, 6.07) is 5.40. The second-order valence-electron chi connectivity index (χ2n) is 5.60. The maximum absolute atomic E-state index is 12.5. The monoisotopic (exact) mass is 294 g/mol. The second kappa shape index (κ2) is 5.22. The first-order valence-corrected chi connectivity index (χ1v) is 7.04. The molecule has 2 aromatic rings. The molecule has 0 fully saturated rings. The summed E-state index contributed by atoms with van der Waals surface area (Å²) in [5, 5.41) is 0. The Hall–Kier alpha value is -1.75. The van der Waals surface area contributed by atoms with Crippen molar-refractivity contribution >= 4 is 0 Å². The lowest BCUT2D eigenvalue weighted by Gasteiger charge is -2.17. The summed E-state index contributed by atoms with van der Waals surface area (Å²) in [6.45, 7) is 0.567. The lowest BCUT2D eigenvalue weighted by Crippen LogP contribution is -2.15. The quantitative estimate of drug-likeness (QED) is 0.895. The summed E-state index contributed by atoms with van der Waals surface area (Å²) in [5.41, 5.74) is 8.76. The molecule has 21 heavy (non-hydrogen) atoms. The maximum Gasteiger partial charge on any atom is 0.416 e. The van der Waals surface area contributed by atoms with E-state index in [0.29, 0.717) is 6.54 Å². The molecule has 0 aliphatic heterocycles. The van der Waals surface area contributed by atoms with Crippen LogP contribution in [0.5, 0.6) is 0 Å². The van der Waals surface area contributed by atoms with Gasteiger partial charge in [-0.2, -0.15) is 13.2 Å². The summed E-state index contributed by atoms with van der Waals surface area (Å²) < 4.78 is 39.6. The highest BCUT2D eigenvalue weighted by Crippen LogP contribution is 2.30. The van der Waals surface area contributed by atoms with Gasteiger partial charge in [-0.25, -0.2) is 0 Å². The third-order valence-electron chi connectivity index (χ3n) is 4.00. The van der Waals surface area contributed by atoms with E-state index in [0.717, 1.165) is 37.0 Å². The van der Waals surface area contributed by atoms with Gasteiger partial charge >= 0.3 is 6.18 Å². The normalized spacial score (nSPS) is 18.6. The minimum absolute atomic E-state index is 0.0857. The van der Waals surface area contributed by atoms with E-state index in [1.165, 1.54) is 23.3 Å². The molecular formula is C16H17F3N2. The minimum Gasteiger partial charge on any atom is -0.349 e. The Morgan fingerprint density at radius 1 is 1.14 bits per heavy atom. The molecule has 2 N–H and O–H groups in total. The van der Waals surface area contributed by atoms with Gasteiger partial charge in [0.1, 0.15) is 0 Å². The van der Waals surface area contributed by atoms with Gasteiger partial charge in [-0.3, -0.25) is 0 Å². The maximum atomic E-state index is 12.5. The van der Waals surface area contributed by atoms with Gasteiger partial charge in [-0.15, -0.1) is 0 Å². The highest BCUT2D eigenvalue weighted by Gasteiger charge is 2.29. The Balaban J connectivity index is 1.78. The van der Waals surface area contributed by atoms with Crippen molar-refractivity contribution in [3.8, 4) is 0 Å². The van der Waals surface area contributed by atoms with Crippen LogP contribution < -0.4 is 5.73 Å². The first-order chi connectivity index (χ1) is 9.93. The summed E-state index contributed by atoms with van der Waals surface area (Å²) >= 11 is 0. The molecular weight excluding hydrogens is 277 g/mol. The van der Waals surface area contributed by atoms with Gasteiger partial charge in [0, 0.05) is 25.0 Å². The van der Waals surface area contributed by atoms with E-state index >= 15 is 0 Å². The molecule has 0 amide bonds. The van der Waals surface area contributed by atoms with E-state index in [4.69, 9.17) is 5.73 Å². The zero-order valence-electron chi connectivity index (χ0n) is 11.5. The van der Waals surface area contributed by atoms with Crippen LogP contribution in [-0.2, 0) is 19.1 Å². The third-order valence-corrected chi connectivity index (χ3v) is 4.00. The fraction of sp³-hybridized carbons (Fsp3) is 0.375. The molecule has 1 heterocycles. The van der Waals surface area contributed by atoms with Gasteiger partial charge in [0.15, 0.2) is 0 Å². The van der Waals surface area contributed by atoms with Gasteiger partial charge < -0.3 is 10.3 Å². The Morgan fingerprint density at radius 2 is 1.86 bits per heavy atom. The molecule has 0 spiro atoms. The number of nitrogens with zero attached hydrogens (tertiary/aromatic N) is 1. The molecule has 1 aliphatic carbocycles. The fourth-order valence-corrected chi connectivity index (χ4v) is 2.89. The fourth-order valence-electron chi connectivity index (χ4n) is 2.89. The number of benzene rings is 1. The highest BCUT2D eigenvalue weighted by atomic mass is 19.4. The number of halogens is 3. The van der Waals surface area contributed by atoms with Gasteiger partial charge in [0.25, 0.3) is 0 Å². The van der Waals surface area contributed by atoms with E-state index in [1.54, 1.807) is 0 Å². The Kier molecular flexibility index (Phi) is 3.53. The molecule has 112 valence electrons. The van der Waals surface area contributed by atoms with Crippen LogP contribution in [0.4, 0.5) is 13.2 Å². The molecule has 0 saturated carbocycles. The molecule has 1 aliphatic rings. The number of alkyl halides is 3. The third kappa shape index (κ3) is 2.97. The summed E-state index contributed by atoms with van der Waals surface area (Å²) in [4.78, 5) is 0. The van der Waals surface area contributed by atoms with Crippen molar-refractivity contribution in [1.29, 1.82) is 0 Å². The number of nitrogens with two attached hydrogens (primary N) is 1. The second-order valence-corrected chi connectivity index (χ2v) is 5.60. The van der Waals surface area contributed by atoms with Crippen molar-refractivity contribution < 1.29 is 13.2 Å². The molecule has 1 aromatic heterocycles. The summed E-state index contributed by atoms with van der Waals surface area (Å²) in [6.07, 6.45) is 2.93. The molecule has 1 atom stereocenters. The van der Waals surface area contributed by atoms with Crippen LogP contribution in [0, 0.1) is 0 Å². The number of hydrogen-bond donors (Lipinski definition) is 1. The van der Waals surface area contributed by atoms with Crippen molar-refractivity contribution in [2.24, 2.45) is 5.73 Å². The lowest BCUT2D eigenvalue weighted by molar-refractivity contribution is -0.137. The predicted octanol–water partition coefficient (Wildman–Crippen LogP) is 3.89. The van der Waals surface area contributed by atoms with Crippen LogP contribution in [-0.4, -0.2) is 4.57 Å². The smallest absolute Gasteiger partial charge is 0.349 e. The van der Waals surface area contributed by atoms with Gasteiger partial charge in [-0.05, 0) is 48.1 Å². The molecule has 0 radical (unpaired) electrons. The SMILES string of the molecule is NC1CCCc2cn(Cc3ccc(C(F)(F)F)cc3)cc21. The van der Waals surface area contributed by atoms with Gasteiger partial charge in [-0.1, -0.05) is 12.1 Å². The van der Waals surface area contributed by atoms with Gasteiger partial charge in [0.2, 0.25) is 0 Å². The van der Waals surface area contributed by atoms with E-state index < -0.39 is 11.7 Å². The zero-order valence-corrected chi connectivity index (χ0v) is 11.5. The van der Waals surface area contributed by atoms with Gasteiger partial charge in [0.05, 0.1) is 5.56 Å². The van der Waals surface area contributed by atoms with E-state index in [2.05, 4.69) is 6.20 Å². The average Bonchev–Trinajstić information content (AvgIpc) is 2.82. The van der Waals surface area contributed by atoms with E-state index in [9.17, 15) is 13.2 Å². The zero-order chi connectivity index (χ0) is 15.0. The van der Waals surface area contributed by atoms with E-state index in [-0.39, 0.29) is 6.04 Å². The standard InChI is InChI=1S/C16H17F3N2/c17-16(18,19)13-6-4-11(5-7-13)8-21-9-12-2-1-3-15(20)14(12)10-21/h4-7,9-10,15H,1-3,8,20H2. The van der Waals surface area contributed by atoms with Crippen LogP contribution in [0.2, 0.25) is 0 Å². The van der Waals surface area contributed by atoms with Crippen molar-refractivity contribution in [2.45, 2.75) is 38.0 Å². The number of hydrogen-bond acceptors (Lipinski definition) is 1. The van der Waals surface area contributed by atoms with Crippen molar-refractivity contribution in [2.75, 3.05) is 0 Å². The first kappa shape index (κ1) is 14.2. The predicted molar refractivity (Wildman–Crippen MR) is 74.8 cm³/mol. The van der Waals surface area contributed by atoms with Crippen molar-refractivity contribution in [1.82, 2.24) is 4.57 Å². The minimum atomic E-state index is -4.28. The topological polar surface area (TPSA) is 30.9 Å². The van der Waals surface area contributed by atoms with Crippen LogP contribution in [0.25, 0.3) is 0 Å². The van der Waals surface area contributed by atoms with Crippen molar-refractivity contribution in [3.63, 3.8) is 0 Å². The highest BCUT2D eigenvalue weighted by molar-refractivity contribution is 5.31. The molecule has 5 heteroatoms. The lowest BCUT2D eigenvalue weighted by atomic mass is 9.92. The number of fused-ring (bicyclic) bond motifs is 1. The van der Waals surface area contributed by atoms with Crippen LogP contribution in [0.3, 0.4) is 0 Å². The van der Waals surface area contributed by atoms with Crippen LogP contribution in [0.15, 0.2) is 36.7 Å². The number of aryl methyl sites for hydroxylation is 1. The summed E-state index contributed by atoms with van der Waals surface area (Å²) in [5.74, 6) is 0. The summed E-state index contributed by atoms with van der Waals surface area (Å²) in [7, 11) is 0. The largest absolute Gasteiger partial charge is 0.416 e. The molecule has 0 saturated heterocycles.